The standard InChI is InChI=1S/C19H15F3N2OS/c1-12-9-18(24-16-8-3-2-7-15(12)16)26-11-17(25)23-14-6-4-5-13(10-14)19(20,21)22/h2-10H,11H2,1H3,(H,23,25). The van der Waals surface area contributed by atoms with Gasteiger partial charge in [0.1, 0.15) is 0 Å². The minimum atomic E-state index is -4.44. The lowest BCUT2D eigenvalue weighted by atomic mass is 10.1. The van der Waals surface area contributed by atoms with Crippen molar-refractivity contribution in [1.82, 2.24) is 4.98 Å². The number of anilines is 1. The summed E-state index contributed by atoms with van der Waals surface area (Å²) >= 11 is 1.24. The van der Waals surface area contributed by atoms with Crippen LogP contribution in [0.1, 0.15) is 11.1 Å². The first kappa shape index (κ1) is 18.3. The molecule has 0 spiro atoms. The number of hydrogen-bond donors (Lipinski definition) is 1. The summed E-state index contributed by atoms with van der Waals surface area (Å²) < 4.78 is 38.1. The van der Waals surface area contributed by atoms with Crippen LogP contribution in [0.4, 0.5) is 18.9 Å². The number of thioether (sulfide) groups is 1. The van der Waals surface area contributed by atoms with Crippen molar-refractivity contribution >= 4 is 34.3 Å². The van der Waals surface area contributed by atoms with Gasteiger partial charge in [0, 0.05) is 11.1 Å². The Bertz CT molecular complexity index is 957. The molecule has 3 aromatic rings. The fourth-order valence-corrected chi connectivity index (χ4v) is 3.28. The minimum absolute atomic E-state index is 0.0566. The van der Waals surface area contributed by atoms with Crippen LogP contribution in [0.3, 0.4) is 0 Å². The highest BCUT2D eigenvalue weighted by Gasteiger charge is 2.30. The summed E-state index contributed by atoms with van der Waals surface area (Å²) in [6, 6.07) is 14.2. The SMILES string of the molecule is Cc1cc(SCC(=O)Nc2cccc(C(F)(F)F)c2)nc2ccccc12. The molecule has 26 heavy (non-hydrogen) atoms. The van der Waals surface area contributed by atoms with E-state index in [9.17, 15) is 18.0 Å². The summed E-state index contributed by atoms with van der Waals surface area (Å²) in [5.74, 6) is -0.331. The van der Waals surface area contributed by atoms with Crippen molar-refractivity contribution in [2.24, 2.45) is 0 Å². The summed E-state index contributed by atoms with van der Waals surface area (Å²) in [5, 5.41) is 4.23. The van der Waals surface area contributed by atoms with Crippen LogP contribution in [0, 0.1) is 6.92 Å². The lowest BCUT2D eigenvalue weighted by Crippen LogP contribution is -2.15. The number of carbonyl (C=O) groups is 1. The van der Waals surface area contributed by atoms with Gasteiger partial charge in [0.05, 0.1) is 21.9 Å². The first-order valence-corrected chi connectivity index (χ1v) is 8.78. The van der Waals surface area contributed by atoms with Gasteiger partial charge in [-0.3, -0.25) is 4.79 Å². The van der Waals surface area contributed by atoms with E-state index in [-0.39, 0.29) is 17.3 Å². The van der Waals surface area contributed by atoms with Crippen molar-refractivity contribution in [3.8, 4) is 0 Å². The van der Waals surface area contributed by atoms with E-state index in [0.29, 0.717) is 5.03 Å². The van der Waals surface area contributed by atoms with E-state index in [1.165, 1.54) is 23.9 Å². The molecule has 7 heteroatoms. The van der Waals surface area contributed by atoms with E-state index in [2.05, 4.69) is 10.3 Å². The van der Waals surface area contributed by atoms with Crippen molar-refractivity contribution in [2.75, 3.05) is 11.1 Å². The highest BCUT2D eigenvalue weighted by atomic mass is 32.2. The Balaban J connectivity index is 1.66. The van der Waals surface area contributed by atoms with Gasteiger partial charge in [-0.1, -0.05) is 36.0 Å². The number of hydrogen-bond acceptors (Lipinski definition) is 3. The number of nitrogens with one attached hydrogen (secondary N) is 1. The number of halogens is 3. The average Bonchev–Trinajstić information content (AvgIpc) is 2.59. The molecule has 0 unspecified atom stereocenters. The zero-order chi connectivity index (χ0) is 18.7. The maximum atomic E-state index is 12.7. The number of alkyl halides is 3. The van der Waals surface area contributed by atoms with Crippen LogP contribution in [0.2, 0.25) is 0 Å². The number of aryl methyl sites for hydroxylation is 1. The van der Waals surface area contributed by atoms with Crippen molar-refractivity contribution in [1.29, 1.82) is 0 Å². The van der Waals surface area contributed by atoms with E-state index >= 15 is 0 Å². The largest absolute Gasteiger partial charge is 0.416 e. The maximum Gasteiger partial charge on any atom is 0.416 e. The molecule has 0 aliphatic heterocycles. The number of rotatable bonds is 4. The van der Waals surface area contributed by atoms with E-state index in [0.717, 1.165) is 28.6 Å². The second-order valence-corrected chi connectivity index (χ2v) is 6.71. The third-order valence-electron chi connectivity index (χ3n) is 3.72. The molecule has 0 aliphatic rings. The summed E-state index contributed by atoms with van der Waals surface area (Å²) in [4.78, 5) is 16.5. The Morgan fingerprint density at radius 1 is 1.12 bits per heavy atom. The summed E-state index contributed by atoms with van der Waals surface area (Å²) in [5.41, 5.74) is 1.22. The molecular formula is C19H15F3N2OS. The minimum Gasteiger partial charge on any atom is -0.325 e. The summed E-state index contributed by atoms with van der Waals surface area (Å²) in [6.07, 6.45) is -4.44. The molecule has 2 aromatic carbocycles. The fourth-order valence-electron chi connectivity index (χ4n) is 2.50. The first-order chi connectivity index (χ1) is 12.3. The predicted octanol–water partition coefficient (Wildman–Crippen LogP) is 5.29. The lowest BCUT2D eigenvalue weighted by Gasteiger charge is -2.10. The lowest BCUT2D eigenvalue weighted by molar-refractivity contribution is -0.137. The van der Waals surface area contributed by atoms with Gasteiger partial charge in [0.2, 0.25) is 5.91 Å². The highest BCUT2D eigenvalue weighted by molar-refractivity contribution is 7.99. The molecule has 1 N–H and O–H groups in total. The molecule has 0 aliphatic carbocycles. The Kier molecular flexibility index (Phi) is 5.18. The van der Waals surface area contributed by atoms with E-state index < -0.39 is 11.7 Å². The molecule has 3 nitrogen and oxygen atoms in total. The number of fused-ring (bicyclic) bond motifs is 1. The molecule has 134 valence electrons. The third kappa shape index (κ3) is 4.35. The summed E-state index contributed by atoms with van der Waals surface area (Å²) in [7, 11) is 0. The second-order valence-electron chi connectivity index (χ2n) is 5.71. The number of carbonyl (C=O) groups excluding carboxylic acids is 1. The van der Waals surface area contributed by atoms with Crippen LogP contribution in [0.25, 0.3) is 10.9 Å². The zero-order valence-electron chi connectivity index (χ0n) is 13.8. The molecule has 1 heterocycles. The molecule has 1 amide bonds. The van der Waals surface area contributed by atoms with Gasteiger partial charge < -0.3 is 5.32 Å². The first-order valence-electron chi connectivity index (χ1n) is 7.79. The van der Waals surface area contributed by atoms with Gasteiger partial charge in [0.25, 0.3) is 0 Å². The van der Waals surface area contributed by atoms with Crippen LogP contribution in [-0.4, -0.2) is 16.6 Å². The van der Waals surface area contributed by atoms with Crippen LogP contribution in [0.5, 0.6) is 0 Å². The predicted molar refractivity (Wildman–Crippen MR) is 97.3 cm³/mol. The zero-order valence-corrected chi connectivity index (χ0v) is 14.6. The van der Waals surface area contributed by atoms with Gasteiger partial charge >= 0.3 is 6.18 Å². The van der Waals surface area contributed by atoms with Crippen LogP contribution in [-0.2, 0) is 11.0 Å². The van der Waals surface area contributed by atoms with Gasteiger partial charge in [-0.2, -0.15) is 13.2 Å². The molecule has 0 saturated heterocycles. The van der Waals surface area contributed by atoms with Crippen LogP contribution < -0.4 is 5.32 Å². The molecule has 0 radical (unpaired) electrons. The van der Waals surface area contributed by atoms with Crippen molar-refractivity contribution in [2.45, 2.75) is 18.1 Å². The second kappa shape index (κ2) is 7.37. The monoisotopic (exact) mass is 376 g/mol. The number of benzene rings is 2. The maximum absolute atomic E-state index is 12.7. The van der Waals surface area contributed by atoms with Crippen LogP contribution in [0.15, 0.2) is 59.6 Å². The average molecular weight is 376 g/mol. The van der Waals surface area contributed by atoms with Gasteiger partial charge in [-0.05, 0) is 42.8 Å². The molecular weight excluding hydrogens is 361 g/mol. The molecule has 0 atom stereocenters. The van der Waals surface area contributed by atoms with Crippen molar-refractivity contribution < 1.29 is 18.0 Å². The Morgan fingerprint density at radius 3 is 2.65 bits per heavy atom. The van der Waals surface area contributed by atoms with Crippen molar-refractivity contribution in [3.05, 3.63) is 65.7 Å². The number of amides is 1. The molecule has 0 bridgehead atoms. The van der Waals surface area contributed by atoms with Crippen molar-refractivity contribution in [3.63, 3.8) is 0 Å². The number of pyridine rings is 1. The van der Waals surface area contributed by atoms with Crippen LogP contribution >= 0.6 is 11.8 Å². The van der Waals surface area contributed by atoms with Gasteiger partial charge in [-0.15, -0.1) is 0 Å². The smallest absolute Gasteiger partial charge is 0.325 e. The molecule has 0 saturated carbocycles. The molecule has 1 aromatic heterocycles. The number of nitrogens with zero attached hydrogens (tertiary/aromatic N) is 1. The number of para-hydroxylation sites is 1. The van der Waals surface area contributed by atoms with Gasteiger partial charge in [-0.25, -0.2) is 4.98 Å². The van der Waals surface area contributed by atoms with E-state index in [1.807, 2.05) is 37.3 Å². The molecule has 0 fully saturated rings. The third-order valence-corrected chi connectivity index (χ3v) is 4.64. The van der Waals surface area contributed by atoms with E-state index in [1.54, 1.807) is 0 Å². The Labute approximate surface area is 152 Å². The van der Waals surface area contributed by atoms with Gasteiger partial charge in [0.15, 0.2) is 0 Å². The quantitative estimate of drug-likeness (QED) is 0.629. The highest BCUT2D eigenvalue weighted by Crippen LogP contribution is 2.30. The van der Waals surface area contributed by atoms with E-state index in [4.69, 9.17) is 0 Å². The number of aromatic nitrogens is 1. The topological polar surface area (TPSA) is 42.0 Å². The summed E-state index contributed by atoms with van der Waals surface area (Å²) in [6.45, 7) is 1.97. The Morgan fingerprint density at radius 2 is 1.88 bits per heavy atom. The molecule has 3 rings (SSSR count). The Hall–Kier alpha value is -2.54. The normalized spacial score (nSPS) is 11.5. The fraction of sp³-hybridized carbons (Fsp3) is 0.158.